The lowest BCUT2D eigenvalue weighted by Crippen LogP contribution is -2.51. The van der Waals surface area contributed by atoms with Crippen LogP contribution in [-0.2, 0) is 4.79 Å². The quantitative estimate of drug-likeness (QED) is 0.565. The van der Waals surface area contributed by atoms with Gasteiger partial charge in [-0.1, -0.05) is 22.0 Å². The van der Waals surface area contributed by atoms with E-state index in [2.05, 4.69) is 22.5 Å². The van der Waals surface area contributed by atoms with Gasteiger partial charge in [0.2, 0.25) is 5.91 Å². The van der Waals surface area contributed by atoms with Crippen LogP contribution in [0.15, 0.2) is 12.7 Å². The standard InChI is InChI=1S/C11H20BrNO/c1-7-8-13(10(2,3)4)9(14)11(5,6)12/h7H,1,8H2,2-6H3. The minimum atomic E-state index is -0.511. The van der Waals surface area contributed by atoms with Crippen molar-refractivity contribution in [2.45, 2.75) is 44.5 Å². The summed E-state index contributed by atoms with van der Waals surface area (Å²) < 4.78 is -0.511. The predicted octanol–water partition coefficient (Wildman–Crippen LogP) is 2.97. The van der Waals surface area contributed by atoms with Crippen molar-refractivity contribution in [3.8, 4) is 0 Å². The maximum absolute atomic E-state index is 12.0. The number of nitrogens with zero attached hydrogens (tertiary/aromatic N) is 1. The fraction of sp³-hybridized carbons (Fsp3) is 0.727. The summed E-state index contributed by atoms with van der Waals surface area (Å²) in [4.78, 5) is 13.8. The van der Waals surface area contributed by atoms with Gasteiger partial charge >= 0.3 is 0 Å². The summed E-state index contributed by atoms with van der Waals surface area (Å²) in [5, 5.41) is 0. The Labute approximate surface area is 95.5 Å². The molecule has 14 heavy (non-hydrogen) atoms. The molecule has 0 heterocycles. The molecule has 0 fully saturated rings. The van der Waals surface area contributed by atoms with Gasteiger partial charge in [-0.05, 0) is 34.6 Å². The van der Waals surface area contributed by atoms with E-state index in [-0.39, 0.29) is 11.4 Å². The van der Waals surface area contributed by atoms with Gasteiger partial charge in [-0.25, -0.2) is 0 Å². The third-order valence-electron chi connectivity index (χ3n) is 1.88. The van der Waals surface area contributed by atoms with Crippen molar-refractivity contribution >= 4 is 21.8 Å². The van der Waals surface area contributed by atoms with Crippen LogP contribution < -0.4 is 0 Å². The molecular weight excluding hydrogens is 242 g/mol. The molecule has 0 aromatic heterocycles. The smallest absolute Gasteiger partial charge is 0.239 e. The number of carbonyl (C=O) groups is 1. The summed E-state index contributed by atoms with van der Waals surface area (Å²) in [6.45, 7) is 14.0. The molecule has 1 amide bonds. The van der Waals surface area contributed by atoms with Gasteiger partial charge in [-0.2, -0.15) is 0 Å². The number of hydrogen-bond acceptors (Lipinski definition) is 1. The molecule has 0 aliphatic carbocycles. The van der Waals surface area contributed by atoms with E-state index in [1.807, 2.05) is 39.5 Å². The highest BCUT2D eigenvalue weighted by Crippen LogP contribution is 2.24. The van der Waals surface area contributed by atoms with E-state index in [1.165, 1.54) is 0 Å². The number of amides is 1. The van der Waals surface area contributed by atoms with Gasteiger partial charge in [0.25, 0.3) is 0 Å². The molecule has 0 unspecified atom stereocenters. The van der Waals surface area contributed by atoms with E-state index >= 15 is 0 Å². The van der Waals surface area contributed by atoms with E-state index in [0.29, 0.717) is 6.54 Å². The summed E-state index contributed by atoms with van der Waals surface area (Å²) in [7, 11) is 0. The van der Waals surface area contributed by atoms with Gasteiger partial charge in [0, 0.05) is 12.1 Å². The first-order chi connectivity index (χ1) is 6.10. The van der Waals surface area contributed by atoms with Crippen molar-refractivity contribution in [1.82, 2.24) is 4.90 Å². The van der Waals surface area contributed by atoms with Crippen molar-refractivity contribution in [2.75, 3.05) is 6.54 Å². The van der Waals surface area contributed by atoms with Crippen LogP contribution in [0, 0.1) is 0 Å². The fourth-order valence-electron chi connectivity index (χ4n) is 1.11. The normalized spacial score (nSPS) is 12.4. The molecule has 0 aliphatic rings. The number of alkyl halides is 1. The number of halogens is 1. The molecule has 82 valence electrons. The molecule has 0 saturated heterocycles. The van der Waals surface area contributed by atoms with Crippen LogP contribution in [0.25, 0.3) is 0 Å². The third kappa shape index (κ3) is 3.82. The molecule has 0 radical (unpaired) electrons. The van der Waals surface area contributed by atoms with Gasteiger partial charge in [0.15, 0.2) is 0 Å². The summed E-state index contributed by atoms with van der Waals surface area (Å²) in [5.41, 5.74) is -0.170. The lowest BCUT2D eigenvalue weighted by molar-refractivity contribution is -0.136. The van der Waals surface area contributed by atoms with Crippen LogP contribution in [0.2, 0.25) is 0 Å². The first kappa shape index (κ1) is 13.7. The SMILES string of the molecule is C=CCN(C(=O)C(C)(C)Br)C(C)(C)C. The molecule has 3 heteroatoms. The monoisotopic (exact) mass is 261 g/mol. The van der Waals surface area contributed by atoms with Crippen LogP contribution in [0.4, 0.5) is 0 Å². The van der Waals surface area contributed by atoms with E-state index in [9.17, 15) is 4.79 Å². The van der Waals surface area contributed by atoms with Crippen molar-refractivity contribution in [2.24, 2.45) is 0 Å². The lowest BCUT2D eigenvalue weighted by atomic mass is 10.0. The van der Waals surface area contributed by atoms with Gasteiger partial charge in [-0.15, -0.1) is 6.58 Å². The van der Waals surface area contributed by atoms with Gasteiger partial charge in [0.05, 0.1) is 4.32 Å². The molecule has 0 bridgehead atoms. The highest BCUT2D eigenvalue weighted by molar-refractivity contribution is 9.10. The lowest BCUT2D eigenvalue weighted by Gasteiger charge is -2.38. The highest BCUT2D eigenvalue weighted by Gasteiger charge is 2.34. The average Bonchev–Trinajstić information content (AvgIpc) is 1.94. The first-order valence-electron chi connectivity index (χ1n) is 4.72. The summed E-state index contributed by atoms with van der Waals surface area (Å²) >= 11 is 3.38. The molecule has 0 aromatic rings. The van der Waals surface area contributed by atoms with Crippen LogP contribution >= 0.6 is 15.9 Å². The number of rotatable bonds is 3. The Morgan fingerprint density at radius 2 is 1.79 bits per heavy atom. The third-order valence-corrected chi connectivity index (χ3v) is 2.21. The van der Waals surface area contributed by atoms with E-state index in [0.717, 1.165) is 0 Å². The molecule has 0 spiro atoms. The Morgan fingerprint density at radius 1 is 1.36 bits per heavy atom. The fourth-order valence-corrected chi connectivity index (χ4v) is 1.33. The summed E-state index contributed by atoms with van der Waals surface area (Å²) in [5.74, 6) is 0.0879. The second-order valence-electron chi connectivity index (χ2n) is 4.85. The minimum absolute atomic E-state index is 0.0879. The number of hydrogen-bond donors (Lipinski definition) is 0. The Kier molecular flexibility index (Phi) is 4.37. The maximum atomic E-state index is 12.0. The van der Waals surface area contributed by atoms with Crippen molar-refractivity contribution in [3.05, 3.63) is 12.7 Å². The number of carbonyl (C=O) groups excluding carboxylic acids is 1. The van der Waals surface area contributed by atoms with Crippen LogP contribution in [0.3, 0.4) is 0 Å². The molecule has 0 N–H and O–H groups in total. The summed E-state index contributed by atoms with van der Waals surface area (Å²) in [6.07, 6.45) is 1.75. The predicted molar refractivity (Wildman–Crippen MR) is 64.7 cm³/mol. The van der Waals surface area contributed by atoms with Crippen molar-refractivity contribution in [1.29, 1.82) is 0 Å². The van der Waals surface area contributed by atoms with Crippen molar-refractivity contribution in [3.63, 3.8) is 0 Å². The zero-order valence-electron chi connectivity index (χ0n) is 9.72. The van der Waals surface area contributed by atoms with Crippen LogP contribution in [-0.4, -0.2) is 27.2 Å². The molecule has 2 nitrogen and oxygen atoms in total. The second-order valence-corrected chi connectivity index (χ2v) is 6.83. The molecule has 0 atom stereocenters. The molecular formula is C11H20BrNO. The second kappa shape index (κ2) is 4.47. The first-order valence-corrected chi connectivity index (χ1v) is 5.52. The Morgan fingerprint density at radius 3 is 2.00 bits per heavy atom. The zero-order valence-corrected chi connectivity index (χ0v) is 11.3. The molecule has 0 aliphatic heterocycles. The molecule has 0 saturated carbocycles. The Bertz CT molecular complexity index is 222. The van der Waals surface area contributed by atoms with Crippen LogP contribution in [0.1, 0.15) is 34.6 Å². The zero-order chi connectivity index (χ0) is 11.6. The van der Waals surface area contributed by atoms with Crippen molar-refractivity contribution < 1.29 is 4.79 Å². The topological polar surface area (TPSA) is 20.3 Å². The van der Waals surface area contributed by atoms with E-state index in [4.69, 9.17) is 0 Å². The van der Waals surface area contributed by atoms with Gasteiger partial charge < -0.3 is 4.90 Å². The summed E-state index contributed by atoms with van der Waals surface area (Å²) in [6, 6.07) is 0. The van der Waals surface area contributed by atoms with E-state index < -0.39 is 4.32 Å². The minimum Gasteiger partial charge on any atom is -0.333 e. The Hall–Kier alpha value is -0.310. The van der Waals surface area contributed by atoms with Gasteiger partial charge in [0.1, 0.15) is 0 Å². The largest absolute Gasteiger partial charge is 0.333 e. The van der Waals surface area contributed by atoms with Gasteiger partial charge in [-0.3, -0.25) is 4.79 Å². The molecule has 0 rings (SSSR count). The highest BCUT2D eigenvalue weighted by atomic mass is 79.9. The average molecular weight is 262 g/mol. The Balaban J connectivity index is 4.85. The van der Waals surface area contributed by atoms with Crippen LogP contribution in [0.5, 0.6) is 0 Å². The molecule has 0 aromatic carbocycles. The maximum Gasteiger partial charge on any atom is 0.239 e. The van der Waals surface area contributed by atoms with E-state index in [1.54, 1.807) is 6.08 Å².